The molecule has 0 radical (unpaired) electrons. The smallest absolute Gasteiger partial charge is 0.255 e. The van der Waals surface area contributed by atoms with E-state index in [1.54, 1.807) is 0 Å². The SMILES string of the molecule is C=C1C2CCC1CC(S(=O)(=O)c1cc(C(=O)Nc3cc(F)c(F)c(F)c3)ccc1Cl)C2. The number of hydrogen-bond acceptors (Lipinski definition) is 3. The van der Waals surface area contributed by atoms with Gasteiger partial charge < -0.3 is 5.32 Å². The number of fused-ring (bicyclic) bond motifs is 2. The fraction of sp³-hybridized carbons (Fsp3) is 0.318. The standard InChI is InChI=1S/C22H19ClF3NO3S/c1-11-12-2-3-13(11)7-16(6-12)31(29,30)20-8-14(4-5-17(20)23)22(28)27-15-9-18(24)21(26)19(25)10-15/h4-5,8-10,12-13,16H,1-3,6-7H2,(H,27,28). The van der Waals surface area contributed by atoms with E-state index >= 15 is 0 Å². The predicted molar refractivity (Wildman–Crippen MR) is 111 cm³/mol. The van der Waals surface area contributed by atoms with Crippen LogP contribution in [0.5, 0.6) is 0 Å². The van der Waals surface area contributed by atoms with E-state index in [-0.39, 0.29) is 33.0 Å². The number of amides is 1. The van der Waals surface area contributed by atoms with Crippen LogP contribution in [0.4, 0.5) is 18.9 Å². The van der Waals surface area contributed by atoms with Crippen LogP contribution in [0.1, 0.15) is 36.0 Å². The average molecular weight is 470 g/mol. The van der Waals surface area contributed by atoms with E-state index in [9.17, 15) is 26.4 Å². The van der Waals surface area contributed by atoms with Crippen molar-refractivity contribution in [1.29, 1.82) is 0 Å². The van der Waals surface area contributed by atoms with E-state index < -0.39 is 38.4 Å². The normalized spacial score (nSPS) is 23.1. The number of anilines is 1. The number of allylic oxidation sites excluding steroid dienone is 1. The third kappa shape index (κ3) is 3.99. The van der Waals surface area contributed by atoms with Gasteiger partial charge in [-0.15, -0.1) is 0 Å². The molecule has 0 heterocycles. The van der Waals surface area contributed by atoms with Crippen LogP contribution in [0.25, 0.3) is 0 Å². The summed E-state index contributed by atoms with van der Waals surface area (Å²) in [5.41, 5.74) is 0.754. The summed E-state index contributed by atoms with van der Waals surface area (Å²) in [6.45, 7) is 4.09. The van der Waals surface area contributed by atoms with Crippen LogP contribution in [0.3, 0.4) is 0 Å². The van der Waals surface area contributed by atoms with Crippen molar-refractivity contribution in [2.24, 2.45) is 11.8 Å². The van der Waals surface area contributed by atoms with E-state index in [4.69, 9.17) is 11.6 Å². The van der Waals surface area contributed by atoms with Crippen molar-refractivity contribution < 1.29 is 26.4 Å². The summed E-state index contributed by atoms with van der Waals surface area (Å²) in [6.07, 6.45) is 2.80. The van der Waals surface area contributed by atoms with Crippen LogP contribution in [0, 0.1) is 29.3 Å². The van der Waals surface area contributed by atoms with Gasteiger partial charge in [0.05, 0.1) is 15.2 Å². The Labute approximate surface area is 183 Å². The highest BCUT2D eigenvalue weighted by Gasteiger charge is 2.43. The molecule has 9 heteroatoms. The molecule has 2 bridgehead atoms. The summed E-state index contributed by atoms with van der Waals surface area (Å²) in [5, 5.41) is 1.61. The molecule has 0 spiro atoms. The van der Waals surface area contributed by atoms with Crippen molar-refractivity contribution in [3.63, 3.8) is 0 Å². The zero-order valence-electron chi connectivity index (χ0n) is 16.3. The first-order valence-corrected chi connectivity index (χ1v) is 11.7. The molecule has 4 rings (SSSR count). The average Bonchev–Trinajstić information content (AvgIpc) is 2.91. The summed E-state index contributed by atoms with van der Waals surface area (Å²) < 4.78 is 66.5. The lowest BCUT2D eigenvalue weighted by Gasteiger charge is -2.29. The maximum Gasteiger partial charge on any atom is 0.255 e. The lowest BCUT2D eigenvalue weighted by Crippen LogP contribution is -2.30. The minimum absolute atomic E-state index is 0.00725. The minimum atomic E-state index is -3.81. The lowest BCUT2D eigenvalue weighted by molar-refractivity contribution is 0.102. The van der Waals surface area contributed by atoms with Gasteiger partial charge in [0.25, 0.3) is 5.91 Å². The number of carbonyl (C=O) groups is 1. The summed E-state index contributed by atoms with van der Waals surface area (Å²) in [4.78, 5) is 12.4. The van der Waals surface area contributed by atoms with Crippen molar-refractivity contribution >= 4 is 33.0 Å². The van der Waals surface area contributed by atoms with Gasteiger partial charge in [0.1, 0.15) is 0 Å². The summed E-state index contributed by atoms with van der Waals surface area (Å²) in [6, 6.07) is 5.03. The molecule has 2 aromatic carbocycles. The molecule has 2 saturated carbocycles. The first kappa shape index (κ1) is 21.9. The molecule has 1 amide bonds. The highest BCUT2D eigenvalue weighted by molar-refractivity contribution is 7.92. The Morgan fingerprint density at radius 1 is 1.03 bits per heavy atom. The molecule has 2 aromatic rings. The van der Waals surface area contributed by atoms with Crippen LogP contribution >= 0.6 is 11.6 Å². The molecule has 2 aliphatic rings. The first-order valence-electron chi connectivity index (χ1n) is 9.76. The second kappa shape index (κ2) is 7.98. The van der Waals surface area contributed by atoms with Crippen LogP contribution in [-0.4, -0.2) is 19.6 Å². The molecular weight excluding hydrogens is 451 g/mol. The van der Waals surface area contributed by atoms with Crippen molar-refractivity contribution in [3.05, 3.63) is 70.5 Å². The Bertz CT molecular complexity index is 1160. The Balaban J connectivity index is 1.61. The molecule has 0 aromatic heterocycles. The number of hydrogen-bond donors (Lipinski definition) is 1. The van der Waals surface area contributed by atoms with E-state index in [0.717, 1.165) is 24.5 Å². The number of rotatable bonds is 4. The zero-order valence-corrected chi connectivity index (χ0v) is 17.9. The third-order valence-corrected chi connectivity index (χ3v) is 8.84. The van der Waals surface area contributed by atoms with Gasteiger partial charge in [-0.3, -0.25) is 4.79 Å². The van der Waals surface area contributed by atoms with Crippen molar-refractivity contribution in [2.75, 3.05) is 5.32 Å². The maximum absolute atomic E-state index is 13.4. The van der Waals surface area contributed by atoms with E-state index in [1.165, 1.54) is 12.1 Å². The Morgan fingerprint density at radius 3 is 2.19 bits per heavy atom. The highest BCUT2D eigenvalue weighted by atomic mass is 35.5. The number of halogens is 4. The molecule has 0 saturated heterocycles. The van der Waals surface area contributed by atoms with Crippen molar-refractivity contribution in [3.8, 4) is 0 Å². The van der Waals surface area contributed by atoms with Crippen LogP contribution in [-0.2, 0) is 9.84 Å². The van der Waals surface area contributed by atoms with Gasteiger partial charge in [-0.05, 0) is 55.7 Å². The second-order valence-electron chi connectivity index (χ2n) is 8.04. The molecule has 2 aliphatic carbocycles. The van der Waals surface area contributed by atoms with E-state index in [1.807, 2.05) is 0 Å². The van der Waals surface area contributed by atoms with E-state index in [0.29, 0.717) is 25.0 Å². The van der Waals surface area contributed by atoms with Gasteiger partial charge in [0.2, 0.25) is 0 Å². The summed E-state index contributed by atoms with van der Waals surface area (Å²) in [5.74, 6) is -5.02. The summed E-state index contributed by atoms with van der Waals surface area (Å²) in [7, 11) is -3.81. The molecule has 31 heavy (non-hydrogen) atoms. The van der Waals surface area contributed by atoms with E-state index in [2.05, 4.69) is 11.9 Å². The molecule has 164 valence electrons. The number of carbonyl (C=O) groups excluding carboxylic acids is 1. The molecule has 1 N–H and O–H groups in total. The topological polar surface area (TPSA) is 63.2 Å². The van der Waals surface area contributed by atoms with Crippen LogP contribution in [0.2, 0.25) is 5.02 Å². The van der Waals surface area contributed by atoms with Crippen LogP contribution < -0.4 is 5.32 Å². The van der Waals surface area contributed by atoms with Gasteiger partial charge in [0, 0.05) is 23.4 Å². The quantitative estimate of drug-likeness (QED) is 0.473. The number of benzene rings is 2. The largest absolute Gasteiger partial charge is 0.322 e. The fourth-order valence-electron chi connectivity index (χ4n) is 4.50. The Hall–Kier alpha value is -2.32. The van der Waals surface area contributed by atoms with Crippen molar-refractivity contribution in [2.45, 2.75) is 35.8 Å². The molecule has 2 unspecified atom stereocenters. The van der Waals surface area contributed by atoms with Crippen LogP contribution in [0.15, 0.2) is 47.4 Å². The lowest BCUT2D eigenvalue weighted by atomic mass is 9.85. The second-order valence-corrected chi connectivity index (χ2v) is 10.6. The number of sulfone groups is 1. The zero-order chi connectivity index (χ0) is 22.5. The molecular formula is C22H19ClF3NO3S. The highest BCUT2D eigenvalue weighted by Crippen LogP contribution is 2.48. The Kier molecular flexibility index (Phi) is 5.64. The van der Waals surface area contributed by atoms with Crippen molar-refractivity contribution in [1.82, 2.24) is 0 Å². The van der Waals surface area contributed by atoms with Gasteiger partial charge in [-0.2, -0.15) is 0 Å². The molecule has 2 fully saturated rings. The van der Waals surface area contributed by atoms with Gasteiger partial charge in [-0.1, -0.05) is 23.8 Å². The third-order valence-electron chi connectivity index (χ3n) is 6.19. The molecule has 4 nitrogen and oxygen atoms in total. The predicted octanol–water partition coefficient (Wildman–Crippen LogP) is 5.53. The number of nitrogens with one attached hydrogen (secondary N) is 1. The monoisotopic (exact) mass is 469 g/mol. The van der Waals surface area contributed by atoms with Gasteiger partial charge >= 0.3 is 0 Å². The summed E-state index contributed by atoms with van der Waals surface area (Å²) >= 11 is 6.17. The maximum atomic E-state index is 13.4. The minimum Gasteiger partial charge on any atom is -0.322 e. The molecule has 0 aliphatic heterocycles. The first-order chi connectivity index (χ1) is 14.6. The van der Waals surface area contributed by atoms with Gasteiger partial charge in [-0.25, -0.2) is 21.6 Å². The fourth-order valence-corrected chi connectivity index (χ4v) is 6.90. The molecule has 2 atom stereocenters. The van der Waals surface area contributed by atoms with Gasteiger partial charge in [0.15, 0.2) is 27.3 Å². The Morgan fingerprint density at radius 2 is 1.61 bits per heavy atom.